The fourth-order valence-electron chi connectivity index (χ4n) is 4.26. The molecule has 0 bridgehead atoms. The number of fused-ring (bicyclic) bond motifs is 1. The molecule has 3 aromatic heterocycles. The summed E-state index contributed by atoms with van der Waals surface area (Å²) < 4.78 is 55.3. The van der Waals surface area contributed by atoms with E-state index in [9.17, 15) is 22.4 Å². The first-order valence-electron chi connectivity index (χ1n) is 12.2. The first-order valence-corrected chi connectivity index (χ1v) is 12.2. The predicted molar refractivity (Wildman–Crippen MR) is 144 cm³/mol. The number of nitrogens with zero attached hydrogens (tertiary/aromatic N) is 4. The van der Waals surface area contributed by atoms with E-state index >= 15 is 0 Å². The van der Waals surface area contributed by atoms with E-state index in [1.807, 2.05) is 42.0 Å². The highest BCUT2D eigenvalue weighted by Crippen LogP contribution is 2.33. The van der Waals surface area contributed by atoms with Crippen LogP contribution in [0.25, 0.3) is 22.2 Å². The molecule has 0 saturated heterocycles. The lowest BCUT2D eigenvalue weighted by molar-refractivity contribution is -0.137. The van der Waals surface area contributed by atoms with Gasteiger partial charge >= 0.3 is 6.18 Å². The lowest BCUT2D eigenvalue weighted by Gasteiger charge is -2.14. The van der Waals surface area contributed by atoms with Crippen LogP contribution < -0.4 is 16.4 Å². The second-order valence-electron chi connectivity index (χ2n) is 8.92. The highest BCUT2D eigenvalue weighted by Gasteiger charge is 2.32. The molecule has 204 valence electrons. The molecule has 0 spiro atoms. The number of hydrogen-bond acceptors (Lipinski definition) is 6. The highest BCUT2D eigenvalue weighted by atomic mass is 19.4. The normalized spacial score (nSPS) is 11.5. The molecule has 0 unspecified atom stereocenters. The number of halogens is 4. The number of alkyl halides is 3. The number of nitrogens with one attached hydrogen (secondary N) is 2. The van der Waals surface area contributed by atoms with Crippen LogP contribution in [0.3, 0.4) is 0 Å². The van der Waals surface area contributed by atoms with Crippen LogP contribution in [0.2, 0.25) is 0 Å². The maximum atomic E-state index is 13.4. The van der Waals surface area contributed by atoms with Gasteiger partial charge in [-0.2, -0.15) is 13.2 Å². The number of pyridine rings is 1. The Balaban J connectivity index is 1.38. The molecular weight excluding hydrogens is 526 g/mol. The van der Waals surface area contributed by atoms with Crippen molar-refractivity contribution in [3.05, 3.63) is 95.8 Å². The SMILES string of the molecule is CCn1cc(-c2ccc(CNc3ncc(C(F)(F)F)cc3C(=O)Nc3ccc(F)cc3)cc2)c2c(N)ncnc21. The number of amides is 1. The predicted octanol–water partition coefficient (Wildman–Crippen LogP) is 6.12. The van der Waals surface area contributed by atoms with Gasteiger partial charge in [-0.3, -0.25) is 4.79 Å². The van der Waals surface area contributed by atoms with Gasteiger partial charge in [0, 0.05) is 36.7 Å². The van der Waals surface area contributed by atoms with Crippen molar-refractivity contribution in [2.24, 2.45) is 0 Å². The van der Waals surface area contributed by atoms with Crippen molar-refractivity contribution in [1.82, 2.24) is 19.5 Å². The number of aromatic nitrogens is 4. The van der Waals surface area contributed by atoms with Gasteiger partial charge in [0.15, 0.2) is 0 Å². The number of carbonyl (C=O) groups is 1. The maximum Gasteiger partial charge on any atom is 0.417 e. The van der Waals surface area contributed by atoms with Crippen molar-refractivity contribution in [2.45, 2.75) is 26.2 Å². The Morgan fingerprint density at radius 2 is 1.75 bits per heavy atom. The van der Waals surface area contributed by atoms with Gasteiger partial charge in [0.05, 0.1) is 16.5 Å². The number of aryl methyl sites for hydroxylation is 1. The molecule has 0 fully saturated rings. The Morgan fingerprint density at radius 1 is 1.02 bits per heavy atom. The summed E-state index contributed by atoms with van der Waals surface area (Å²) in [6.45, 7) is 2.88. The number of benzene rings is 2. The molecule has 3 heterocycles. The van der Waals surface area contributed by atoms with E-state index in [1.165, 1.54) is 18.5 Å². The van der Waals surface area contributed by atoms with Crippen molar-refractivity contribution in [1.29, 1.82) is 0 Å². The number of nitrogens with two attached hydrogens (primary N) is 1. The minimum absolute atomic E-state index is 0.0346. The van der Waals surface area contributed by atoms with E-state index in [2.05, 4.69) is 25.6 Å². The summed E-state index contributed by atoms with van der Waals surface area (Å²) in [5.74, 6) is -0.999. The Hall–Kier alpha value is -5.00. The third kappa shape index (κ3) is 5.41. The fourth-order valence-corrected chi connectivity index (χ4v) is 4.26. The minimum Gasteiger partial charge on any atom is -0.383 e. The maximum absolute atomic E-state index is 13.4. The van der Waals surface area contributed by atoms with Gasteiger partial charge < -0.3 is 20.9 Å². The molecule has 0 saturated carbocycles. The molecule has 0 radical (unpaired) electrons. The molecular formula is C28H23F4N7O. The number of nitrogen functional groups attached to an aromatic ring is 1. The van der Waals surface area contributed by atoms with Crippen molar-refractivity contribution in [3.8, 4) is 11.1 Å². The van der Waals surface area contributed by atoms with E-state index in [0.717, 1.165) is 45.9 Å². The smallest absolute Gasteiger partial charge is 0.383 e. The molecule has 2 aromatic carbocycles. The molecule has 0 aliphatic heterocycles. The molecule has 40 heavy (non-hydrogen) atoms. The molecule has 5 aromatic rings. The zero-order chi connectivity index (χ0) is 28.4. The van der Waals surface area contributed by atoms with Crippen LogP contribution >= 0.6 is 0 Å². The van der Waals surface area contributed by atoms with Gasteiger partial charge in [0.25, 0.3) is 5.91 Å². The lowest BCUT2D eigenvalue weighted by atomic mass is 10.0. The molecule has 8 nitrogen and oxygen atoms in total. The Bertz CT molecular complexity index is 1680. The Kier molecular flexibility index (Phi) is 7.07. The van der Waals surface area contributed by atoms with E-state index < -0.39 is 23.5 Å². The molecule has 1 amide bonds. The monoisotopic (exact) mass is 549 g/mol. The van der Waals surface area contributed by atoms with Crippen molar-refractivity contribution in [2.75, 3.05) is 16.4 Å². The fraction of sp³-hybridized carbons (Fsp3) is 0.143. The van der Waals surface area contributed by atoms with Crippen LogP contribution in [0.4, 0.5) is 34.9 Å². The summed E-state index contributed by atoms with van der Waals surface area (Å²) in [6.07, 6.45) is -0.648. The Morgan fingerprint density at radius 3 is 2.42 bits per heavy atom. The minimum atomic E-state index is -4.69. The molecule has 0 aliphatic carbocycles. The third-order valence-electron chi connectivity index (χ3n) is 6.31. The number of carbonyl (C=O) groups excluding carboxylic acids is 1. The van der Waals surface area contributed by atoms with Crippen LogP contribution in [0.15, 0.2) is 73.3 Å². The first kappa shape index (κ1) is 26.6. The number of hydrogen-bond donors (Lipinski definition) is 3. The zero-order valence-corrected chi connectivity index (χ0v) is 21.1. The topological polar surface area (TPSA) is 111 Å². The highest BCUT2D eigenvalue weighted by molar-refractivity contribution is 6.07. The van der Waals surface area contributed by atoms with E-state index in [-0.39, 0.29) is 23.6 Å². The molecule has 12 heteroatoms. The van der Waals surface area contributed by atoms with E-state index in [4.69, 9.17) is 5.73 Å². The van der Waals surface area contributed by atoms with Crippen LogP contribution in [0.5, 0.6) is 0 Å². The summed E-state index contributed by atoms with van der Waals surface area (Å²) in [4.78, 5) is 25.2. The third-order valence-corrected chi connectivity index (χ3v) is 6.31. The van der Waals surface area contributed by atoms with Gasteiger partial charge in [-0.15, -0.1) is 0 Å². The molecule has 0 atom stereocenters. The number of rotatable bonds is 7. The van der Waals surface area contributed by atoms with Gasteiger partial charge in [-0.1, -0.05) is 24.3 Å². The summed E-state index contributed by atoms with van der Waals surface area (Å²) in [5, 5.41) is 6.18. The molecule has 5 rings (SSSR count). The summed E-state index contributed by atoms with van der Waals surface area (Å²) in [6, 6.07) is 13.1. The van der Waals surface area contributed by atoms with Crippen LogP contribution in [0.1, 0.15) is 28.4 Å². The quantitative estimate of drug-likeness (QED) is 0.211. The standard InChI is InChI=1S/C28H23F4N7O/c1-2-39-14-22(23-24(33)36-15-37-26(23)39)17-5-3-16(4-6-17)12-34-25-21(11-18(13-35-25)28(30,31)32)27(40)38-20-9-7-19(29)8-10-20/h3-11,13-15H,2,12H2,1H3,(H,34,35)(H,38,40)(H2,33,36,37). The lowest BCUT2D eigenvalue weighted by Crippen LogP contribution is -2.18. The second kappa shape index (κ2) is 10.6. The molecule has 0 aliphatic rings. The zero-order valence-electron chi connectivity index (χ0n) is 21.1. The summed E-state index contributed by atoms with van der Waals surface area (Å²) >= 11 is 0. The average Bonchev–Trinajstić information content (AvgIpc) is 3.33. The van der Waals surface area contributed by atoms with Crippen molar-refractivity contribution < 1.29 is 22.4 Å². The van der Waals surface area contributed by atoms with Gasteiger partial charge in [0.2, 0.25) is 0 Å². The second-order valence-corrected chi connectivity index (χ2v) is 8.92. The van der Waals surface area contributed by atoms with Gasteiger partial charge in [0.1, 0.15) is 29.4 Å². The first-order chi connectivity index (χ1) is 19.1. The van der Waals surface area contributed by atoms with E-state index in [0.29, 0.717) is 18.6 Å². The van der Waals surface area contributed by atoms with Crippen molar-refractivity contribution >= 4 is 34.3 Å². The Labute approximate surface area is 225 Å². The summed E-state index contributed by atoms with van der Waals surface area (Å²) in [5.41, 5.74) is 8.26. The van der Waals surface area contributed by atoms with Crippen LogP contribution in [-0.2, 0) is 19.3 Å². The summed E-state index contributed by atoms with van der Waals surface area (Å²) in [7, 11) is 0. The van der Waals surface area contributed by atoms with Crippen LogP contribution in [-0.4, -0.2) is 25.4 Å². The largest absolute Gasteiger partial charge is 0.417 e. The van der Waals surface area contributed by atoms with E-state index in [1.54, 1.807) is 0 Å². The van der Waals surface area contributed by atoms with Crippen molar-refractivity contribution in [3.63, 3.8) is 0 Å². The van der Waals surface area contributed by atoms with Gasteiger partial charge in [-0.05, 0) is 48.4 Å². The average molecular weight is 550 g/mol. The van der Waals surface area contributed by atoms with Crippen LogP contribution in [0, 0.1) is 5.82 Å². The van der Waals surface area contributed by atoms with Gasteiger partial charge in [-0.25, -0.2) is 19.3 Å². The number of anilines is 3. The molecule has 4 N–H and O–H groups in total.